The molecule has 1 heterocycles. The number of aliphatic carboxylic acids is 1. The van der Waals surface area contributed by atoms with Crippen LogP contribution in [-0.4, -0.2) is 37.8 Å². The summed E-state index contributed by atoms with van der Waals surface area (Å²) in [6.45, 7) is 8.83. The molecule has 0 aliphatic carbocycles. The average Bonchev–Trinajstić information content (AvgIpc) is 3.10. The highest BCUT2D eigenvalue weighted by Crippen LogP contribution is 2.47. The summed E-state index contributed by atoms with van der Waals surface area (Å²) in [7, 11) is 3.14. The Labute approximate surface area is 195 Å². The van der Waals surface area contributed by atoms with E-state index in [4.69, 9.17) is 14.2 Å². The predicted octanol–water partition coefficient (Wildman–Crippen LogP) is 4.91. The minimum Gasteiger partial charge on any atom is -0.493 e. The summed E-state index contributed by atoms with van der Waals surface area (Å²) < 4.78 is 17.6. The second-order valence-electron chi connectivity index (χ2n) is 10.1. The maximum Gasteiger partial charge on any atom is 0.303 e. The fourth-order valence-corrected chi connectivity index (χ4v) is 4.85. The van der Waals surface area contributed by atoms with E-state index in [2.05, 4.69) is 19.2 Å². The van der Waals surface area contributed by atoms with Gasteiger partial charge in [-0.25, -0.2) is 0 Å². The molecule has 0 saturated carbocycles. The van der Waals surface area contributed by atoms with Crippen LogP contribution in [0.25, 0.3) is 11.1 Å². The summed E-state index contributed by atoms with van der Waals surface area (Å²) in [5.74, 6) is 0.660. The fourth-order valence-electron chi connectivity index (χ4n) is 4.85. The average molecular weight is 456 g/mol. The number of hydrogen-bond acceptors (Lipinski definition) is 5. The Morgan fingerprint density at radius 2 is 1.67 bits per heavy atom. The molecule has 178 valence electrons. The lowest BCUT2D eigenvalue weighted by atomic mass is 9.74. The van der Waals surface area contributed by atoms with Crippen molar-refractivity contribution in [2.45, 2.75) is 47.1 Å². The van der Waals surface area contributed by atoms with Gasteiger partial charge < -0.3 is 24.6 Å². The zero-order valence-electron chi connectivity index (χ0n) is 20.2. The van der Waals surface area contributed by atoms with Crippen LogP contribution in [0.2, 0.25) is 0 Å². The standard InChI is InChI=1S/C26H33NO6/c1-25(2,12-21(28)29)14-26(3,4)15-33-22-17(10-11-20(31-5)23(22)32-6)16-8-7-9-18-19(16)13-27-24(18)30/h7-11H,12-15H2,1-6H3,(H,27,30)(H,28,29). The number of carboxylic acids is 1. The summed E-state index contributed by atoms with van der Waals surface area (Å²) in [6, 6.07) is 9.38. The lowest BCUT2D eigenvalue weighted by Gasteiger charge is -2.34. The number of nitrogens with one attached hydrogen (secondary N) is 1. The molecule has 0 unspecified atom stereocenters. The third-order valence-electron chi connectivity index (χ3n) is 5.83. The topological polar surface area (TPSA) is 94.1 Å². The number of rotatable bonds is 10. The molecular formula is C26H33NO6. The van der Waals surface area contributed by atoms with E-state index in [-0.39, 0.29) is 23.2 Å². The van der Waals surface area contributed by atoms with Crippen molar-refractivity contribution < 1.29 is 28.9 Å². The number of carbonyl (C=O) groups is 2. The van der Waals surface area contributed by atoms with Gasteiger partial charge >= 0.3 is 5.97 Å². The van der Waals surface area contributed by atoms with Gasteiger partial charge in [-0.05, 0) is 46.6 Å². The van der Waals surface area contributed by atoms with Crippen molar-refractivity contribution in [1.29, 1.82) is 0 Å². The molecule has 0 fully saturated rings. The van der Waals surface area contributed by atoms with Gasteiger partial charge in [0.25, 0.3) is 5.91 Å². The van der Waals surface area contributed by atoms with Crippen LogP contribution in [0, 0.1) is 10.8 Å². The minimum absolute atomic E-state index is 0.0847. The van der Waals surface area contributed by atoms with Crippen LogP contribution in [-0.2, 0) is 11.3 Å². The number of benzene rings is 2. The minimum atomic E-state index is -0.811. The third kappa shape index (κ3) is 5.41. The molecule has 1 aliphatic heterocycles. The van der Waals surface area contributed by atoms with Crippen molar-refractivity contribution >= 4 is 11.9 Å². The van der Waals surface area contributed by atoms with Crippen LogP contribution in [0.3, 0.4) is 0 Å². The quantitative estimate of drug-likeness (QED) is 0.529. The first-order chi connectivity index (χ1) is 15.5. The van der Waals surface area contributed by atoms with Crippen LogP contribution in [0.15, 0.2) is 30.3 Å². The molecule has 2 N–H and O–H groups in total. The number of carboxylic acid groups (broad SMARTS) is 1. The molecule has 33 heavy (non-hydrogen) atoms. The van der Waals surface area contributed by atoms with Crippen LogP contribution in [0.4, 0.5) is 0 Å². The van der Waals surface area contributed by atoms with Crippen molar-refractivity contribution in [3.05, 3.63) is 41.5 Å². The van der Waals surface area contributed by atoms with E-state index in [1.807, 2.05) is 44.2 Å². The number of methoxy groups -OCH3 is 2. The molecule has 7 heteroatoms. The first-order valence-corrected chi connectivity index (χ1v) is 11.0. The van der Waals surface area contributed by atoms with Gasteiger partial charge in [0.2, 0.25) is 5.75 Å². The molecule has 0 saturated heterocycles. The van der Waals surface area contributed by atoms with Gasteiger partial charge in [-0.2, -0.15) is 0 Å². The molecule has 1 aliphatic rings. The van der Waals surface area contributed by atoms with Crippen molar-refractivity contribution in [1.82, 2.24) is 5.32 Å². The summed E-state index contributed by atoms with van der Waals surface area (Å²) in [4.78, 5) is 23.5. The third-order valence-corrected chi connectivity index (χ3v) is 5.83. The lowest BCUT2D eigenvalue weighted by Crippen LogP contribution is -2.30. The summed E-state index contributed by atoms with van der Waals surface area (Å²) in [5, 5.41) is 12.1. The highest BCUT2D eigenvalue weighted by molar-refractivity contribution is 6.01. The zero-order valence-corrected chi connectivity index (χ0v) is 20.2. The molecule has 0 bridgehead atoms. The predicted molar refractivity (Wildman–Crippen MR) is 126 cm³/mol. The first-order valence-electron chi connectivity index (χ1n) is 11.0. The number of fused-ring (bicyclic) bond motifs is 1. The first kappa shape index (κ1) is 24.4. The molecule has 0 spiro atoms. The molecular weight excluding hydrogens is 422 g/mol. The smallest absolute Gasteiger partial charge is 0.303 e. The molecule has 3 rings (SSSR count). The fraction of sp³-hybridized carbons (Fsp3) is 0.462. The van der Waals surface area contributed by atoms with Gasteiger partial charge in [-0.1, -0.05) is 39.8 Å². The molecule has 0 atom stereocenters. The maximum absolute atomic E-state index is 12.2. The normalized spacial score (nSPS) is 13.3. The van der Waals surface area contributed by atoms with Gasteiger partial charge in [0.1, 0.15) is 0 Å². The van der Waals surface area contributed by atoms with Crippen LogP contribution in [0.5, 0.6) is 17.2 Å². The van der Waals surface area contributed by atoms with Gasteiger partial charge in [0.05, 0.1) is 27.2 Å². The molecule has 0 aromatic heterocycles. The van der Waals surface area contributed by atoms with Gasteiger partial charge in [0, 0.05) is 17.7 Å². The highest BCUT2D eigenvalue weighted by atomic mass is 16.5. The monoisotopic (exact) mass is 455 g/mol. The van der Waals surface area contributed by atoms with E-state index < -0.39 is 5.97 Å². The van der Waals surface area contributed by atoms with Gasteiger partial charge in [0.15, 0.2) is 11.5 Å². The van der Waals surface area contributed by atoms with Gasteiger partial charge in [-0.3, -0.25) is 9.59 Å². The number of carbonyl (C=O) groups excluding carboxylic acids is 1. The van der Waals surface area contributed by atoms with Crippen molar-refractivity contribution in [2.75, 3.05) is 20.8 Å². The lowest BCUT2D eigenvalue weighted by molar-refractivity contribution is -0.139. The highest BCUT2D eigenvalue weighted by Gasteiger charge is 2.32. The van der Waals surface area contributed by atoms with Crippen molar-refractivity contribution in [3.63, 3.8) is 0 Å². The van der Waals surface area contributed by atoms with E-state index >= 15 is 0 Å². The Hall–Kier alpha value is -3.22. The van der Waals surface area contributed by atoms with E-state index in [0.717, 1.165) is 16.7 Å². The Morgan fingerprint density at radius 3 is 2.30 bits per heavy atom. The SMILES string of the molecule is COc1ccc(-c2cccc3c2CNC3=O)c(OCC(C)(C)CC(C)(C)CC(=O)O)c1OC. The summed E-state index contributed by atoms with van der Waals surface area (Å²) in [5.41, 5.74) is 2.59. The van der Waals surface area contributed by atoms with E-state index in [0.29, 0.717) is 42.4 Å². The molecule has 0 radical (unpaired) electrons. The maximum atomic E-state index is 12.2. The number of ether oxygens (including phenoxy) is 3. The summed E-state index contributed by atoms with van der Waals surface area (Å²) in [6.07, 6.45) is 0.744. The van der Waals surface area contributed by atoms with E-state index in [1.54, 1.807) is 14.2 Å². The Balaban J connectivity index is 1.99. The Bertz CT molecular complexity index is 1060. The Kier molecular flexibility index (Phi) is 6.91. The van der Waals surface area contributed by atoms with Gasteiger partial charge in [-0.15, -0.1) is 0 Å². The second kappa shape index (κ2) is 9.33. The zero-order chi connectivity index (χ0) is 24.4. The van der Waals surface area contributed by atoms with Crippen molar-refractivity contribution in [3.8, 4) is 28.4 Å². The largest absolute Gasteiger partial charge is 0.493 e. The number of hydrogen-bond donors (Lipinski definition) is 2. The molecule has 7 nitrogen and oxygen atoms in total. The Morgan fingerprint density at radius 1 is 0.970 bits per heavy atom. The van der Waals surface area contributed by atoms with Crippen LogP contribution < -0.4 is 19.5 Å². The van der Waals surface area contributed by atoms with E-state index in [9.17, 15) is 14.7 Å². The molecule has 2 aromatic carbocycles. The molecule has 1 amide bonds. The van der Waals surface area contributed by atoms with E-state index in [1.165, 1.54) is 0 Å². The molecule has 2 aromatic rings. The summed E-state index contributed by atoms with van der Waals surface area (Å²) >= 11 is 0. The number of amides is 1. The van der Waals surface area contributed by atoms with Crippen LogP contribution >= 0.6 is 0 Å². The van der Waals surface area contributed by atoms with Crippen LogP contribution in [0.1, 0.15) is 56.5 Å². The second-order valence-corrected chi connectivity index (χ2v) is 10.1. The van der Waals surface area contributed by atoms with Crippen molar-refractivity contribution in [2.24, 2.45) is 10.8 Å².